The van der Waals surface area contributed by atoms with Crippen LogP contribution in [0.4, 0.5) is 10.5 Å². The van der Waals surface area contributed by atoms with Crippen molar-refractivity contribution in [3.05, 3.63) is 29.8 Å². The number of carbonyl (C=O) groups excluding carboxylic acids is 2. The number of rotatable bonds is 4. The first-order valence-electron chi connectivity index (χ1n) is 7.27. The fourth-order valence-electron chi connectivity index (χ4n) is 2.65. The van der Waals surface area contributed by atoms with E-state index < -0.39 is 0 Å². The average molecular weight is 274 g/mol. The highest BCUT2D eigenvalue weighted by molar-refractivity contribution is 5.95. The van der Waals surface area contributed by atoms with Gasteiger partial charge >= 0.3 is 6.03 Å². The molecule has 20 heavy (non-hydrogen) atoms. The van der Waals surface area contributed by atoms with Gasteiger partial charge in [-0.15, -0.1) is 0 Å². The van der Waals surface area contributed by atoms with E-state index in [4.69, 9.17) is 0 Å². The molecule has 0 radical (unpaired) electrons. The molecule has 108 valence electrons. The average Bonchev–Trinajstić information content (AvgIpc) is 2.88. The van der Waals surface area contributed by atoms with Gasteiger partial charge in [0.05, 0.1) is 0 Å². The molecule has 2 rings (SSSR count). The number of benzene rings is 1. The highest BCUT2D eigenvalue weighted by Gasteiger charge is 2.25. The zero-order chi connectivity index (χ0) is 14.5. The summed E-state index contributed by atoms with van der Waals surface area (Å²) >= 11 is 0. The molecule has 1 heterocycles. The summed E-state index contributed by atoms with van der Waals surface area (Å²) in [7, 11) is 0. The van der Waals surface area contributed by atoms with Crippen molar-refractivity contribution < 1.29 is 9.59 Å². The van der Waals surface area contributed by atoms with Crippen LogP contribution in [0.15, 0.2) is 24.3 Å². The molecule has 1 N–H and O–H groups in total. The maximum absolute atomic E-state index is 12.1. The van der Waals surface area contributed by atoms with Crippen molar-refractivity contribution in [2.45, 2.75) is 33.1 Å². The molecule has 1 saturated heterocycles. The smallest absolute Gasteiger partial charge is 0.321 e. The summed E-state index contributed by atoms with van der Waals surface area (Å²) in [5.41, 5.74) is 1.39. The van der Waals surface area contributed by atoms with Crippen LogP contribution in [-0.4, -0.2) is 29.8 Å². The standard InChI is InChI=1S/C16H22N2O2/c1-3-4-13-9-10-18(11-13)16(20)17-15-7-5-14(6-8-15)12(2)19/h5-8,13H,3-4,9-11H2,1-2H3,(H,17,20). The van der Waals surface area contributed by atoms with E-state index in [1.54, 1.807) is 24.3 Å². The molecule has 1 aliphatic rings. The Balaban J connectivity index is 1.90. The second kappa shape index (κ2) is 6.55. The third-order valence-corrected chi connectivity index (χ3v) is 3.81. The van der Waals surface area contributed by atoms with Gasteiger partial charge in [0.15, 0.2) is 5.78 Å². The van der Waals surface area contributed by atoms with Crippen molar-refractivity contribution in [1.29, 1.82) is 0 Å². The van der Waals surface area contributed by atoms with Crippen LogP contribution in [-0.2, 0) is 0 Å². The van der Waals surface area contributed by atoms with E-state index in [1.807, 2.05) is 4.90 Å². The monoisotopic (exact) mass is 274 g/mol. The van der Waals surface area contributed by atoms with Gasteiger partial charge < -0.3 is 10.2 Å². The van der Waals surface area contributed by atoms with E-state index in [9.17, 15) is 9.59 Å². The van der Waals surface area contributed by atoms with Crippen molar-refractivity contribution >= 4 is 17.5 Å². The zero-order valence-electron chi connectivity index (χ0n) is 12.2. The lowest BCUT2D eigenvalue weighted by atomic mass is 10.0. The Morgan fingerprint density at radius 3 is 2.60 bits per heavy atom. The third-order valence-electron chi connectivity index (χ3n) is 3.81. The van der Waals surface area contributed by atoms with Crippen LogP contribution >= 0.6 is 0 Å². The van der Waals surface area contributed by atoms with Crippen molar-refractivity contribution in [3.8, 4) is 0 Å². The Bertz CT molecular complexity index is 482. The summed E-state index contributed by atoms with van der Waals surface area (Å²) in [6, 6.07) is 6.98. The van der Waals surface area contributed by atoms with E-state index in [0.717, 1.165) is 25.2 Å². The highest BCUT2D eigenvalue weighted by Crippen LogP contribution is 2.21. The van der Waals surface area contributed by atoms with Gasteiger partial charge in [0.25, 0.3) is 0 Å². The number of hydrogen-bond acceptors (Lipinski definition) is 2. The van der Waals surface area contributed by atoms with Gasteiger partial charge in [-0.3, -0.25) is 4.79 Å². The number of ketones is 1. The minimum absolute atomic E-state index is 0.0322. The normalized spacial score (nSPS) is 18.1. The van der Waals surface area contributed by atoms with E-state index in [2.05, 4.69) is 12.2 Å². The van der Waals surface area contributed by atoms with Crippen molar-refractivity contribution in [2.24, 2.45) is 5.92 Å². The van der Waals surface area contributed by atoms with Gasteiger partial charge in [-0.1, -0.05) is 13.3 Å². The first-order valence-corrected chi connectivity index (χ1v) is 7.27. The molecule has 1 unspecified atom stereocenters. The van der Waals surface area contributed by atoms with Gasteiger partial charge in [-0.2, -0.15) is 0 Å². The number of nitrogens with one attached hydrogen (secondary N) is 1. The molecule has 1 aromatic rings. The van der Waals surface area contributed by atoms with E-state index in [0.29, 0.717) is 11.5 Å². The van der Waals surface area contributed by atoms with E-state index in [-0.39, 0.29) is 11.8 Å². The fourth-order valence-corrected chi connectivity index (χ4v) is 2.65. The fraction of sp³-hybridized carbons (Fsp3) is 0.500. The molecule has 4 heteroatoms. The Labute approximate surface area is 120 Å². The second-order valence-electron chi connectivity index (χ2n) is 5.45. The summed E-state index contributed by atoms with van der Waals surface area (Å²) in [5.74, 6) is 0.677. The SMILES string of the molecule is CCCC1CCN(C(=O)Nc2ccc(C(C)=O)cc2)C1. The number of likely N-dealkylation sites (tertiary alicyclic amines) is 1. The zero-order valence-corrected chi connectivity index (χ0v) is 12.2. The van der Waals surface area contributed by atoms with Crippen LogP contribution in [0.1, 0.15) is 43.5 Å². The first kappa shape index (κ1) is 14.6. The lowest BCUT2D eigenvalue weighted by Gasteiger charge is -2.17. The van der Waals surface area contributed by atoms with Gasteiger partial charge in [0.2, 0.25) is 0 Å². The summed E-state index contributed by atoms with van der Waals surface area (Å²) in [6.45, 7) is 5.40. The highest BCUT2D eigenvalue weighted by atomic mass is 16.2. The topological polar surface area (TPSA) is 49.4 Å². The predicted octanol–water partition coefficient (Wildman–Crippen LogP) is 3.54. The molecular formula is C16H22N2O2. The molecule has 0 aliphatic carbocycles. The molecule has 1 aliphatic heterocycles. The Morgan fingerprint density at radius 1 is 1.30 bits per heavy atom. The molecule has 1 atom stereocenters. The second-order valence-corrected chi connectivity index (χ2v) is 5.45. The number of Topliss-reactive ketones (excluding diaryl/α,β-unsaturated/α-hetero) is 1. The van der Waals surface area contributed by atoms with Crippen LogP contribution in [0.3, 0.4) is 0 Å². The van der Waals surface area contributed by atoms with Gasteiger partial charge in [-0.25, -0.2) is 4.79 Å². The predicted molar refractivity (Wildman–Crippen MR) is 80.1 cm³/mol. The quantitative estimate of drug-likeness (QED) is 0.854. The van der Waals surface area contributed by atoms with Crippen molar-refractivity contribution in [3.63, 3.8) is 0 Å². The summed E-state index contributed by atoms with van der Waals surface area (Å²) in [6.07, 6.45) is 3.47. The lowest BCUT2D eigenvalue weighted by Crippen LogP contribution is -2.32. The first-order chi connectivity index (χ1) is 9.60. The lowest BCUT2D eigenvalue weighted by molar-refractivity contribution is 0.101. The summed E-state index contributed by atoms with van der Waals surface area (Å²) in [5, 5.41) is 2.89. The Morgan fingerprint density at radius 2 is 2.00 bits per heavy atom. The van der Waals surface area contributed by atoms with E-state index >= 15 is 0 Å². The van der Waals surface area contributed by atoms with Gasteiger partial charge in [-0.05, 0) is 49.9 Å². The summed E-state index contributed by atoms with van der Waals surface area (Å²) in [4.78, 5) is 25.2. The number of anilines is 1. The summed E-state index contributed by atoms with van der Waals surface area (Å²) < 4.78 is 0. The molecule has 0 bridgehead atoms. The minimum atomic E-state index is -0.0424. The van der Waals surface area contributed by atoms with Crippen molar-refractivity contribution in [2.75, 3.05) is 18.4 Å². The molecule has 1 aromatic carbocycles. The number of carbonyl (C=O) groups is 2. The third kappa shape index (κ3) is 3.59. The number of urea groups is 1. The number of nitrogens with zero attached hydrogens (tertiary/aromatic N) is 1. The van der Waals surface area contributed by atoms with Crippen molar-refractivity contribution in [1.82, 2.24) is 4.90 Å². The molecule has 0 spiro atoms. The molecular weight excluding hydrogens is 252 g/mol. The molecule has 1 fully saturated rings. The van der Waals surface area contributed by atoms with Crippen LogP contribution in [0.5, 0.6) is 0 Å². The van der Waals surface area contributed by atoms with Crippen LogP contribution < -0.4 is 5.32 Å². The molecule has 4 nitrogen and oxygen atoms in total. The minimum Gasteiger partial charge on any atom is -0.324 e. The van der Waals surface area contributed by atoms with Crippen LogP contribution in [0.25, 0.3) is 0 Å². The Kier molecular flexibility index (Phi) is 4.77. The largest absolute Gasteiger partial charge is 0.324 e. The molecule has 2 amide bonds. The maximum Gasteiger partial charge on any atom is 0.321 e. The van der Waals surface area contributed by atoms with Crippen LogP contribution in [0.2, 0.25) is 0 Å². The maximum atomic E-state index is 12.1. The van der Waals surface area contributed by atoms with Gasteiger partial charge in [0, 0.05) is 24.3 Å². The molecule has 0 saturated carbocycles. The Hall–Kier alpha value is -1.84. The van der Waals surface area contributed by atoms with Gasteiger partial charge in [0.1, 0.15) is 0 Å². The molecule has 0 aromatic heterocycles. The number of amides is 2. The van der Waals surface area contributed by atoms with E-state index in [1.165, 1.54) is 19.8 Å². The number of hydrogen-bond donors (Lipinski definition) is 1. The van der Waals surface area contributed by atoms with Crippen LogP contribution in [0, 0.1) is 5.92 Å².